The third-order valence-electron chi connectivity index (χ3n) is 2.01. The van der Waals surface area contributed by atoms with E-state index in [4.69, 9.17) is 11.0 Å². The Kier molecular flexibility index (Phi) is 3.23. The van der Waals surface area contributed by atoms with E-state index in [9.17, 15) is 28.1 Å². The highest BCUT2D eigenvalue weighted by atomic mass is 19.4. The molecule has 1 amide bonds. The highest BCUT2D eigenvalue weighted by Crippen LogP contribution is 2.34. The maximum atomic E-state index is 12.4. The number of hydrogen-bond donors (Lipinski definition) is 1. The summed E-state index contributed by atoms with van der Waals surface area (Å²) in [5, 5.41) is 19.2. The Morgan fingerprint density at radius 2 is 2.00 bits per heavy atom. The van der Waals surface area contributed by atoms with Crippen molar-refractivity contribution in [1.29, 1.82) is 5.26 Å². The minimum absolute atomic E-state index is 0.168. The smallest absolute Gasteiger partial charge is 0.365 e. The highest BCUT2D eigenvalue weighted by molar-refractivity contribution is 5.99. The van der Waals surface area contributed by atoms with Gasteiger partial charge in [0.15, 0.2) is 0 Å². The first kappa shape index (κ1) is 13.4. The van der Waals surface area contributed by atoms with E-state index in [0.29, 0.717) is 6.07 Å². The first-order valence-corrected chi connectivity index (χ1v) is 4.28. The van der Waals surface area contributed by atoms with Crippen LogP contribution in [0.3, 0.4) is 0 Å². The van der Waals surface area contributed by atoms with Crippen LogP contribution in [0.2, 0.25) is 0 Å². The fourth-order valence-corrected chi connectivity index (χ4v) is 1.28. The second-order valence-electron chi connectivity index (χ2n) is 3.15. The molecule has 2 N–H and O–H groups in total. The molecule has 0 fully saturated rings. The first-order valence-electron chi connectivity index (χ1n) is 4.28. The number of nitrogens with zero attached hydrogens (tertiary/aromatic N) is 2. The number of alkyl halides is 3. The fraction of sp³-hybridized carbons (Fsp3) is 0.111. The summed E-state index contributed by atoms with van der Waals surface area (Å²) in [6, 6.07) is 1.79. The molecule has 0 saturated carbocycles. The van der Waals surface area contributed by atoms with Crippen LogP contribution in [0.15, 0.2) is 12.1 Å². The van der Waals surface area contributed by atoms with Gasteiger partial charge in [-0.2, -0.15) is 18.4 Å². The third-order valence-corrected chi connectivity index (χ3v) is 2.01. The van der Waals surface area contributed by atoms with Gasteiger partial charge in [0.2, 0.25) is 0 Å². The second-order valence-corrected chi connectivity index (χ2v) is 3.15. The summed E-state index contributed by atoms with van der Waals surface area (Å²) in [5.74, 6) is -1.34. The van der Waals surface area contributed by atoms with Gasteiger partial charge in [0, 0.05) is 6.07 Å². The number of benzene rings is 1. The van der Waals surface area contributed by atoms with Crippen LogP contribution in [-0.2, 0) is 6.18 Å². The summed E-state index contributed by atoms with van der Waals surface area (Å²) in [6.45, 7) is 0. The van der Waals surface area contributed by atoms with E-state index >= 15 is 0 Å². The number of nitrogens with two attached hydrogens (primary N) is 1. The molecule has 1 aromatic rings. The predicted octanol–water partition coefficient (Wildman–Crippen LogP) is 1.58. The van der Waals surface area contributed by atoms with E-state index in [1.165, 1.54) is 6.07 Å². The molecule has 0 radical (unpaired) electrons. The Morgan fingerprint density at radius 3 is 2.33 bits per heavy atom. The number of nitro benzene ring substituents is 1. The van der Waals surface area contributed by atoms with Crippen LogP contribution < -0.4 is 5.73 Å². The van der Waals surface area contributed by atoms with Crippen molar-refractivity contribution in [3.63, 3.8) is 0 Å². The maximum absolute atomic E-state index is 12.4. The van der Waals surface area contributed by atoms with E-state index in [2.05, 4.69) is 0 Å². The van der Waals surface area contributed by atoms with E-state index in [1.54, 1.807) is 0 Å². The van der Waals surface area contributed by atoms with Crippen LogP contribution >= 0.6 is 0 Å². The maximum Gasteiger partial charge on any atom is 0.416 e. The standard InChI is InChI=1S/C9H4F3N3O3/c10-9(11,12)5-1-4(3-13)7(8(14)16)6(2-5)15(17)18/h1-2H,(H2,14,16). The topological polar surface area (TPSA) is 110 Å². The SMILES string of the molecule is N#Cc1cc(C(F)(F)F)cc([N+](=O)[O-])c1C(N)=O. The number of carbonyl (C=O) groups is 1. The van der Waals surface area contributed by atoms with Crippen LogP contribution in [0.1, 0.15) is 21.5 Å². The predicted molar refractivity (Wildman–Crippen MR) is 51.3 cm³/mol. The fourth-order valence-electron chi connectivity index (χ4n) is 1.28. The lowest BCUT2D eigenvalue weighted by atomic mass is 10.0. The lowest BCUT2D eigenvalue weighted by Crippen LogP contribution is -2.17. The van der Waals surface area contributed by atoms with Gasteiger partial charge in [0.05, 0.1) is 16.1 Å². The molecule has 0 bridgehead atoms. The lowest BCUT2D eigenvalue weighted by Gasteiger charge is -2.08. The molecule has 0 aromatic heterocycles. The molecule has 1 rings (SSSR count). The number of nitro groups is 1. The van der Waals surface area contributed by atoms with Crippen molar-refractivity contribution in [1.82, 2.24) is 0 Å². The zero-order valence-electron chi connectivity index (χ0n) is 8.49. The molecule has 6 nitrogen and oxygen atoms in total. The number of nitriles is 1. The van der Waals surface area contributed by atoms with Crippen molar-refractivity contribution < 1.29 is 22.9 Å². The molecule has 0 unspecified atom stereocenters. The lowest BCUT2D eigenvalue weighted by molar-refractivity contribution is -0.385. The van der Waals surface area contributed by atoms with Crippen LogP contribution in [0, 0.1) is 21.4 Å². The van der Waals surface area contributed by atoms with Crippen molar-refractivity contribution in [2.24, 2.45) is 5.73 Å². The van der Waals surface area contributed by atoms with Gasteiger partial charge in [-0.25, -0.2) is 0 Å². The van der Waals surface area contributed by atoms with Gasteiger partial charge in [-0.3, -0.25) is 14.9 Å². The molecule has 0 aliphatic carbocycles. The average molecular weight is 259 g/mol. The van der Waals surface area contributed by atoms with Gasteiger partial charge in [-0.1, -0.05) is 0 Å². The number of rotatable bonds is 2. The third kappa shape index (κ3) is 2.37. The molecular weight excluding hydrogens is 255 g/mol. The molecule has 0 spiro atoms. The molecule has 0 saturated heterocycles. The highest BCUT2D eigenvalue weighted by Gasteiger charge is 2.35. The van der Waals surface area contributed by atoms with Gasteiger partial charge in [-0.05, 0) is 6.07 Å². The van der Waals surface area contributed by atoms with Crippen LogP contribution in [-0.4, -0.2) is 10.8 Å². The van der Waals surface area contributed by atoms with Crippen molar-refractivity contribution in [2.45, 2.75) is 6.18 Å². The monoisotopic (exact) mass is 259 g/mol. The Hall–Kier alpha value is -2.63. The molecule has 18 heavy (non-hydrogen) atoms. The number of amides is 1. The zero-order chi connectivity index (χ0) is 14.1. The largest absolute Gasteiger partial charge is 0.416 e. The molecule has 0 heterocycles. The number of carbonyl (C=O) groups excluding carboxylic acids is 1. The summed E-state index contributed by atoms with van der Waals surface area (Å²) >= 11 is 0. The first-order chi connectivity index (χ1) is 8.18. The van der Waals surface area contributed by atoms with Crippen LogP contribution in [0.25, 0.3) is 0 Å². The molecule has 9 heteroatoms. The zero-order valence-corrected chi connectivity index (χ0v) is 8.49. The van der Waals surface area contributed by atoms with Crippen molar-refractivity contribution in [3.8, 4) is 6.07 Å². The van der Waals surface area contributed by atoms with Gasteiger partial charge >= 0.3 is 6.18 Å². The van der Waals surface area contributed by atoms with E-state index in [0.717, 1.165) is 0 Å². The molecule has 0 aliphatic heterocycles. The quantitative estimate of drug-likeness (QED) is 0.642. The molecular formula is C9H4F3N3O3. The Morgan fingerprint density at radius 1 is 1.44 bits per heavy atom. The summed E-state index contributed by atoms with van der Waals surface area (Å²) < 4.78 is 37.3. The molecule has 0 atom stereocenters. The van der Waals surface area contributed by atoms with Gasteiger partial charge < -0.3 is 5.73 Å². The van der Waals surface area contributed by atoms with Gasteiger partial charge in [-0.15, -0.1) is 0 Å². The normalized spacial score (nSPS) is 10.8. The Labute approximate surface area is 97.6 Å². The van der Waals surface area contributed by atoms with E-state index in [1.807, 2.05) is 0 Å². The number of primary amides is 1. The summed E-state index contributed by atoms with van der Waals surface area (Å²) in [5.41, 5.74) is 0.649. The van der Waals surface area contributed by atoms with Crippen LogP contribution in [0.5, 0.6) is 0 Å². The van der Waals surface area contributed by atoms with Gasteiger partial charge in [0.25, 0.3) is 11.6 Å². The summed E-state index contributed by atoms with van der Waals surface area (Å²) in [7, 11) is 0. The summed E-state index contributed by atoms with van der Waals surface area (Å²) in [6.07, 6.45) is -4.87. The minimum atomic E-state index is -4.87. The number of hydrogen-bond acceptors (Lipinski definition) is 4. The average Bonchev–Trinajstić information content (AvgIpc) is 2.25. The Bertz CT molecular complexity index is 575. The molecule has 94 valence electrons. The minimum Gasteiger partial charge on any atom is -0.365 e. The van der Waals surface area contributed by atoms with Crippen molar-refractivity contribution in [2.75, 3.05) is 0 Å². The van der Waals surface area contributed by atoms with E-state index < -0.39 is 39.4 Å². The molecule has 0 aliphatic rings. The van der Waals surface area contributed by atoms with E-state index in [-0.39, 0.29) is 6.07 Å². The van der Waals surface area contributed by atoms with Crippen molar-refractivity contribution in [3.05, 3.63) is 38.9 Å². The Balaban J connectivity index is 3.71. The number of halogens is 3. The molecule has 1 aromatic carbocycles. The second kappa shape index (κ2) is 4.33. The van der Waals surface area contributed by atoms with Crippen molar-refractivity contribution >= 4 is 11.6 Å². The van der Waals surface area contributed by atoms with Crippen LogP contribution in [0.4, 0.5) is 18.9 Å². The van der Waals surface area contributed by atoms with Gasteiger partial charge in [0.1, 0.15) is 11.6 Å². The summed E-state index contributed by atoms with van der Waals surface area (Å²) in [4.78, 5) is 20.3.